The molecule has 0 saturated carbocycles. The Morgan fingerprint density at radius 3 is 3.29 bits per heavy atom. The average molecular weight is 231 g/mol. The first-order valence-corrected chi connectivity index (χ1v) is 6.11. The van der Waals surface area contributed by atoms with Gasteiger partial charge in [0.25, 0.3) is 0 Å². The van der Waals surface area contributed by atoms with Crippen molar-refractivity contribution in [3.8, 4) is 5.75 Å². The molecular weight excluding hydrogens is 214 g/mol. The summed E-state index contributed by atoms with van der Waals surface area (Å²) in [5.74, 6) is 0.886. The fourth-order valence-electron chi connectivity index (χ4n) is 2.34. The molecule has 2 heterocycles. The molecule has 4 nitrogen and oxygen atoms in total. The van der Waals surface area contributed by atoms with Crippen molar-refractivity contribution in [3.63, 3.8) is 0 Å². The van der Waals surface area contributed by atoms with E-state index >= 15 is 0 Å². The molecule has 0 aliphatic carbocycles. The van der Waals surface area contributed by atoms with E-state index < -0.39 is 0 Å². The van der Waals surface area contributed by atoms with Crippen LogP contribution in [0.2, 0.25) is 0 Å². The Labute approximate surface area is 101 Å². The van der Waals surface area contributed by atoms with Gasteiger partial charge in [0.1, 0.15) is 17.9 Å². The molecule has 1 aliphatic rings. The van der Waals surface area contributed by atoms with Gasteiger partial charge in [-0.15, -0.1) is 0 Å². The first-order valence-electron chi connectivity index (χ1n) is 6.11. The van der Waals surface area contributed by atoms with E-state index in [-0.39, 0.29) is 0 Å². The first-order chi connectivity index (χ1) is 8.34. The highest BCUT2D eigenvalue weighted by atomic mass is 16.5. The van der Waals surface area contributed by atoms with Crippen LogP contribution >= 0.6 is 0 Å². The number of imidazole rings is 1. The molecular formula is C13H17N3O. The van der Waals surface area contributed by atoms with Crippen molar-refractivity contribution in [1.29, 1.82) is 0 Å². The highest BCUT2D eigenvalue weighted by Gasteiger charge is 2.15. The molecule has 1 aliphatic heterocycles. The van der Waals surface area contributed by atoms with E-state index in [4.69, 9.17) is 4.74 Å². The Hall–Kier alpha value is -1.55. The second-order valence-electron chi connectivity index (χ2n) is 4.58. The number of ether oxygens (including phenoxy) is 1. The van der Waals surface area contributed by atoms with Crippen LogP contribution in [-0.2, 0) is 7.05 Å². The number of nitrogens with one attached hydrogen (secondary N) is 1. The van der Waals surface area contributed by atoms with Crippen molar-refractivity contribution >= 4 is 11.0 Å². The molecule has 3 rings (SSSR count). The van der Waals surface area contributed by atoms with Crippen molar-refractivity contribution in [2.75, 3.05) is 13.2 Å². The number of benzene rings is 1. The lowest BCUT2D eigenvalue weighted by Gasteiger charge is -2.12. The second kappa shape index (κ2) is 4.37. The van der Waals surface area contributed by atoms with Crippen molar-refractivity contribution < 1.29 is 4.74 Å². The third-order valence-electron chi connectivity index (χ3n) is 3.32. The van der Waals surface area contributed by atoms with Crippen molar-refractivity contribution in [3.05, 3.63) is 24.5 Å². The number of hydrogen-bond donors (Lipinski definition) is 1. The Bertz CT molecular complexity index is 514. The number of hydrogen-bond acceptors (Lipinski definition) is 3. The normalized spacial score (nSPS) is 19.9. The van der Waals surface area contributed by atoms with E-state index in [0.717, 1.165) is 29.9 Å². The van der Waals surface area contributed by atoms with Gasteiger partial charge in [0.15, 0.2) is 0 Å². The van der Waals surface area contributed by atoms with E-state index in [0.29, 0.717) is 6.04 Å². The fourth-order valence-corrected chi connectivity index (χ4v) is 2.34. The molecule has 0 spiro atoms. The lowest BCUT2D eigenvalue weighted by Crippen LogP contribution is -2.28. The van der Waals surface area contributed by atoms with Gasteiger partial charge in [-0.1, -0.05) is 6.07 Å². The van der Waals surface area contributed by atoms with Gasteiger partial charge in [-0.05, 0) is 31.5 Å². The summed E-state index contributed by atoms with van der Waals surface area (Å²) in [4.78, 5) is 4.38. The lowest BCUT2D eigenvalue weighted by atomic mass is 10.2. The van der Waals surface area contributed by atoms with Crippen molar-refractivity contribution in [2.45, 2.75) is 18.9 Å². The molecule has 17 heavy (non-hydrogen) atoms. The molecule has 1 N–H and O–H groups in total. The summed E-state index contributed by atoms with van der Waals surface area (Å²) >= 11 is 0. The smallest absolute Gasteiger partial charge is 0.147 e. The molecule has 4 heteroatoms. The van der Waals surface area contributed by atoms with Gasteiger partial charge in [-0.3, -0.25) is 0 Å². The van der Waals surface area contributed by atoms with E-state index in [1.807, 2.05) is 30.1 Å². The second-order valence-corrected chi connectivity index (χ2v) is 4.58. The highest BCUT2D eigenvalue weighted by molar-refractivity contribution is 5.81. The molecule has 1 aromatic carbocycles. The standard InChI is InChI=1S/C13H17N3O/c1-16-9-15-13-11(16)5-2-6-12(13)17-8-10-4-3-7-14-10/h2,5-6,9-10,14H,3-4,7-8H2,1H3. The first kappa shape index (κ1) is 10.6. The molecule has 0 amide bonds. The van der Waals surface area contributed by atoms with Gasteiger partial charge >= 0.3 is 0 Å². The van der Waals surface area contributed by atoms with Gasteiger partial charge in [0, 0.05) is 13.1 Å². The number of nitrogens with zero attached hydrogens (tertiary/aromatic N) is 2. The minimum Gasteiger partial charge on any atom is -0.490 e. The van der Waals surface area contributed by atoms with Crippen LogP contribution in [0, 0.1) is 0 Å². The molecule has 1 atom stereocenters. The summed E-state index contributed by atoms with van der Waals surface area (Å²) in [7, 11) is 2.00. The van der Waals surface area contributed by atoms with Gasteiger partial charge < -0.3 is 14.6 Å². The van der Waals surface area contributed by atoms with Gasteiger partial charge in [0.05, 0.1) is 11.8 Å². The molecule has 1 saturated heterocycles. The van der Waals surface area contributed by atoms with Crippen LogP contribution in [0.25, 0.3) is 11.0 Å². The van der Waals surface area contributed by atoms with E-state index in [1.54, 1.807) is 0 Å². The third-order valence-corrected chi connectivity index (χ3v) is 3.32. The molecule has 90 valence electrons. The zero-order valence-corrected chi connectivity index (χ0v) is 10.0. The number of fused-ring (bicyclic) bond motifs is 1. The Kier molecular flexibility index (Phi) is 2.73. The number of aryl methyl sites for hydroxylation is 1. The molecule has 1 aromatic heterocycles. The lowest BCUT2D eigenvalue weighted by molar-refractivity contribution is 0.280. The van der Waals surface area contributed by atoms with Crippen LogP contribution in [0.5, 0.6) is 5.75 Å². The topological polar surface area (TPSA) is 39.1 Å². The molecule has 0 radical (unpaired) electrons. The molecule has 1 fully saturated rings. The predicted octanol–water partition coefficient (Wildman–Crippen LogP) is 1.70. The van der Waals surface area contributed by atoms with Crippen LogP contribution < -0.4 is 10.1 Å². The van der Waals surface area contributed by atoms with Crippen LogP contribution in [0.4, 0.5) is 0 Å². The van der Waals surface area contributed by atoms with Crippen LogP contribution in [0.1, 0.15) is 12.8 Å². The maximum Gasteiger partial charge on any atom is 0.147 e. The Morgan fingerprint density at radius 2 is 2.47 bits per heavy atom. The molecule has 2 aromatic rings. The zero-order valence-electron chi connectivity index (χ0n) is 10.0. The number of aromatic nitrogens is 2. The van der Waals surface area contributed by atoms with Crippen molar-refractivity contribution in [1.82, 2.24) is 14.9 Å². The summed E-state index contributed by atoms with van der Waals surface area (Å²) in [6, 6.07) is 6.56. The van der Waals surface area contributed by atoms with Crippen LogP contribution in [0.15, 0.2) is 24.5 Å². The van der Waals surface area contributed by atoms with E-state index in [1.165, 1.54) is 12.8 Å². The summed E-state index contributed by atoms with van der Waals surface area (Å²) < 4.78 is 7.89. The largest absolute Gasteiger partial charge is 0.490 e. The summed E-state index contributed by atoms with van der Waals surface area (Å²) in [5, 5.41) is 3.43. The summed E-state index contributed by atoms with van der Waals surface area (Å²) in [6.07, 6.45) is 4.28. The molecule has 1 unspecified atom stereocenters. The van der Waals surface area contributed by atoms with E-state index in [2.05, 4.69) is 16.4 Å². The number of para-hydroxylation sites is 1. The zero-order chi connectivity index (χ0) is 11.7. The van der Waals surface area contributed by atoms with Gasteiger partial charge in [-0.25, -0.2) is 4.98 Å². The van der Waals surface area contributed by atoms with Gasteiger partial charge in [0.2, 0.25) is 0 Å². The predicted molar refractivity (Wildman–Crippen MR) is 67.2 cm³/mol. The molecule has 0 bridgehead atoms. The third kappa shape index (κ3) is 2.00. The maximum atomic E-state index is 5.88. The number of rotatable bonds is 3. The Balaban J connectivity index is 1.79. The quantitative estimate of drug-likeness (QED) is 0.874. The monoisotopic (exact) mass is 231 g/mol. The SMILES string of the molecule is Cn1cnc2c(OCC3CCCN3)cccc21. The van der Waals surface area contributed by atoms with E-state index in [9.17, 15) is 0 Å². The fraction of sp³-hybridized carbons (Fsp3) is 0.462. The minimum absolute atomic E-state index is 0.494. The summed E-state index contributed by atoms with van der Waals surface area (Å²) in [5.41, 5.74) is 2.06. The minimum atomic E-state index is 0.494. The highest BCUT2D eigenvalue weighted by Crippen LogP contribution is 2.24. The van der Waals surface area contributed by atoms with Crippen LogP contribution in [0.3, 0.4) is 0 Å². The maximum absolute atomic E-state index is 5.88. The Morgan fingerprint density at radius 1 is 1.53 bits per heavy atom. The average Bonchev–Trinajstić information content (AvgIpc) is 2.97. The van der Waals surface area contributed by atoms with Crippen LogP contribution in [-0.4, -0.2) is 28.7 Å². The van der Waals surface area contributed by atoms with Gasteiger partial charge in [-0.2, -0.15) is 0 Å². The van der Waals surface area contributed by atoms with Crippen molar-refractivity contribution in [2.24, 2.45) is 7.05 Å². The summed E-state index contributed by atoms with van der Waals surface area (Å²) in [6.45, 7) is 1.84.